The van der Waals surface area contributed by atoms with Gasteiger partial charge in [-0.2, -0.15) is 5.10 Å². The number of ether oxygens (including phenoxy) is 1. The van der Waals surface area contributed by atoms with E-state index in [0.717, 1.165) is 10.0 Å². The number of halogens is 1. The molecule has 6 heteroatoms. The zero-order chi connectivity index (χ0) is 15.2. The maximum atomic E-state index is 10.8. The average Bonchev–Trinajstić information content (AvgIpc) is 2.48. The molecule has 0 saturated carbocycles. The molecule has 0 aliphatic heterocycles. The van der Waals surface area contributed by atoms with E-state index in [9.17, 15) is 9.90 Å². The summed E-state index contributed by atoms with van der Waals surface area (Å²) in [4.78, 5) is 10.8. The van der Waals surface area contributed by atoms with E-state index in [1.807, 2.05) is 18.2 Å². The lowest BCUT2D eigenvalue weighted by molar-refractivity contribution is -0.255. The Bertz CT molecular complexity index is 686. The fourth-order valence-electron chi connectivity index (χ4n) is 1.70. The van der Waals surface area contributed by atoms with Crippen molar-refractivity contribution in [3.8, 4) is 5.75 Å². The Morgan fingerprint density at radius 3 is 2.86 bits per heavy atom. The van der Waals surface area contributed by atoms with Gasteiger partial charge in [-0.15, -0.1) is 0 Å². The molecule has 0 atom stereocenters. The Morgan fingerprint density at radius 2 is 2.14 bits per heavy atom. The molecule has 0 fully saturated rings. The highest BCUT2D eigenvalue weighted by Gasteiger charge is 2.01. The van der Waals surface area contributed by atoms with Crippen molar-refractivity contribution < 1.29 is 14.6 Å². The van der Waals surface area contributed by atoms with Crippen LogP contribution in [0.15, 0.2) is 52.0 Å². The van der Waals surface area contributed by atoms with Crippen LogP contribution in [0.1, 0.15) is 15.9 Å². The molecule has 0 saturated heterocycles. The minimum atomic E-state index is -1.23. The number of nitrogens with zero attached hydrogens (tertiary/aromatic N) is 1. The SMILES string of the molecule is COc1ccc(Br)cc1/C=N\Nc1cccc(C(=O)[O-])c1. The smallest absolute Gasteiger partial charge is 0.127 e. The van der Waals surface area contributed by atoms with Crippen LogP contribution < -0.4 is 15.3 Å². The summed E-state index contributed by atoms with van der Waals surface area (Å²) in [6, 6.07) is 11.8. The van der Waals surface area contributed by atoms with Crippen molar-refractivity contribution in [2.75, 3.05) is 12.5 Å². The average molecular weight is 348 g/mol. The first kappa shape index (κ1) is 15.1. The third-order valence-electron chi connectivity index (χ3n) is 2.69. The Morgan fingerprint density at radius 1 is 1.33 bits per heavy atom. The lowest BCUT2D eigenvalue weighted by Crippen LogP contribution is -2.22. The van der Waals surface area contributed by atoms with Crippen LogP contribution in [0.5, 0.6) is 5.75 Å². The van der Waals surface area contributed by atoms with Crippen LogP contribution in [0.25, 0.3) is 0 Å². The van der Waals surface area contributed by atoms with E-state index in [4.69, 9.17) is 4.74 Å². The minimum Gasteiger partial charge on any atom is -0.545 e. The predicted octanol–water partition coefficient (Wildman–Crippen LogP) is 2.27. The third kappa shape index (κ3) is 4.06. The van der Waals surface area contributed by atoms with Gasteiger partial charge in [0.05, 0.1) is 25.0 Å². The molecular weight excluding hydrogens is 336 g/mol. The van der Waals surface area contributed by atoms with E-state index in [2.05, 4.69) is 26.5 Å². The summed E-state index contributed by atoms with van der Waals surface area (Å²) in [7, 11) is 1.58. The van der Waals surface area contributed by atoms with Gasteiger partial charge in [-0.05, 0) is 35.9 Å². The van der Waals surface area contributed by atoms with Crippen LogP contribution in [0, 0.1) is 0 Å². The molecule has 2 aromatic carbocycles. The van der Waals surface area contributed by atoms with Gasteiger partial charge in [0.1, 0.15) is 5.75 Å². The zero-order valence-corrected chi connectivity index (χ0v) is 12.8. The molecule has 0 radical (unpaired) electrons. The van der Waals surface area contributed by atoms with Crippen molar-refractivity contribution in [2.24, 2.45) is 5.10 Å². The van der Waals surface area contributed by atoms with Gasteiger partial charge in [-0.1, -0.05) is 28.1 Å². The normalized spacial score (nSPS) is 10.6. The van der Waals surface area contributed by atoms with Crippen molar-refractivity contribution in [3.63, 3.8) is 0 Å². The number of hydrogen-bond acceptors (Lipinski definition) is 5. The van der Waals surface area contributed by atoms with Crippen molar-refractivity contribution in [1.82, 2.24) is 0 Å². The number of carbonyl (C=O) groups is 1. The van der Waals surface area contributed by atoms with E-state index in [0.29, 0.717) is 11.4 Å². The second-order valence-electron chi connectivity index (χ2n) is 4.12. The fraction of sp³-hybridized carbons (Fsp3) is 0.0667. The van der Waals surface area contributed by atoms with Gasteiger partial charge in [-0.25, -0.2) is 0 Å². The van der Waals surface area contributed by atoms with Gasteiger partial charge in [0, 0.05) is 10.0 Å². The molecule has 0 amide bonds. The van der Waals surface area contributed by atoms with Gasteiger partial charge < -0.3 is 14.6 Å². The number of methoxy groups -OCH3 is 1. The zero-order valence-electron chi connectivity index (χ0n) is 11.2. The molecule has 21 heavy (non-hydrogen) atoms. The lowest BCUT2D eigenvalue weighted by Gasteiger charge is -2.06. The van der Waals surface area contributed by atoms with Crippen molar-refractivity contribution >= 4 is 33.8 Å². The molecule has 0 aliphatic rings. The molecule has 0 unspecified atom stereocenters. The van der Waals surface area contributed by atoms with Crippen LogP contribution in [0.2, 0.25) is 0 Å². The molecule has 0 bridgehead atoms. The Labute approximate surface area is 130 Å². The van der Waals surface area contributed by atoms with E-state index in [1.165, 1.54) is 12.1 Å². The first-order valence-electron chi connectivity index (χ1n) is 6.04. The second kappa shape index (κ2) is 6.90. The Hall–Kier alpha value is -2.34. The largest absolute Gasteiger partial charge is 0.545 e. The molecule has 0 aliphatic carbocycles. The highest BCUT2D eigenvalue weighted by molar-refractivity contribution is 9.10. The molecule has 0 aromatic heterocycles. The molecular formula is C15H12BrN2O3-. The number of benzene rings is 2. The minimum absolute atomic E-state index is 0.0928. The maximum Gasteiger partial charge on any atom is 0.127 e. The van der Waals surface area contributed by atoms with E-state index >= 15 is 0 Å². The second-order valence-corrected chi connectivity index (χ2v) is 5.04. The predicted molar refractivity (Wildman–Crippen MR) is 82.7 cm³/mol. The number of carboxylic acid groups (broad SMARTS) is 1. The van der Waals surface area contributed by atoms with Crippen LogP contribution in [-0.2, 0) is 0 Å². The first-order chi connectivity index (χ1) is 10.1. The summed E-state index contributed by atoms with van der Waals surface area (Å²) in [6.07, 6.45) is 1.59. The van der Waals surface area contributed by atoms with Crippen molar-refractivity contribution in [3.05, 3.63) is 58.1 Å². The van der Waals surface area contributed by atoms with Crippen LogP contribution in [-0.4, -0.2) is 19.3 Å². The molecule has 108 valence electrons. The topological polar surface area (TPSA) is 73.8 Å². The summed E-state index contributed by atoms with van der Waals surface area (Å²) < 4.78 is 6.13. The molecule has 5 nitrogen and oxygen atoms in total. The number of carboxylic acids is 1. The number of hydrazone groups is 1. The number of nitrogens with one attached hydrogen (secondary N) is 1. The van der Waals surface area contributed by atoms with Gasteiger partial charge in [0.25, 0.3) is 0 Å². The number of rotatable bonds is 5. The van der Waals surface area contributed by atoms with Crippen molar-refractivity contribution in [2.45, 2.75) is 0 Å². The highest BCUT2D eigenvalue weighted by Crippen LogP contribution is 2.21. The molecule has 2 rings (SSSR count). The molecule has 1 N–H and O–H groups in total. The lowest BCUT2D eigenvalue weighted by atomic mass is 10.2. The Kier molecular flexibility index (Phi) is 4.94. The summed E-state index contributed by atoms with van der Waals surface area (Å²) in [5.74, 6) is -0.538. The fourth-order valence-corrected chi connectivity index (χ4v) is 2.08. The van der Waals surface area contributed by atoms with Crippen LogP contribution in [0.4, 0.5) is 5.69 Å². The third-order valence-corrected chi connectivity index (χ3v) is 3.18. The van der Waals surface area contributed by atoms with Gasteiger partial charge in [0.15, 0.2) is 0 Å². The first-order valence-corrected chi connectivity index (χ1v) is 6.83. The standard InChI is InChI=1S/C15H13BrN2O3/c1-21-14-6-5-12(16)7-11(14)9-17-18-13-4-2-3-10(8-13)15(19)20/h2-9,18H,1H3,(H,19,20)/p-1/b17-9-. The van der Waals surface area contributed by atoms with E-state index in [1.54, 1.807) is 25.5 Å². The van der Waals surface area contributed by atoms with Gasteiger partial charge >= 0.3 is 0 Å². The summed E-state index contributed by atoms with van der Waals surface area (Å²) in [5, 5.41) is 14.8. The molecule has 0 heterocycles. The summed E-state index contributed by atoms with van der Waals surface area (Å²) in [6.45, 7) is 0. The van der Waals surface area contributed by atoms with E-state index < -0.39 is 5.97 Å². The molecule has 2 aromatic rings. The van der Waals surface area contributed by atoms with Crippen molar-refractivity contribution in [1.29, 1.82) is 0 Å². The van der Waals surface area contributed by atoms with Crippen LogP contribution in [0.3, 0.4) is 0 Å². The quantitative estimate of drug-likeness (QED) is 0.665. The summed E-state index contributed by atoms with van der Waals surface area (Å²) in [5.41, 5.74) is 4.20. The van der Waals surface area contributed by atoms with E-state index in [-0.39, 0.29) is 5.56 Å². The summed E-state index contributed by atoms with van der Waals surface area (Å²) >= 11 is 3.38. The number of hydrogen-bond donors (Lipinski definition) is 1. The monoisotopic (exact) mass is 347 g/mol. The number of carbonyl (C=O) groups excluding carboxylic acids is 1. The van der Waals surface area contributed by atoms with Crippen LogP contribution >= 0.6 is 15.9 Å². The number of anilines is 1. The highest BCUT2D eigenvalue weighted by atomic mass is 79.9. The molecule has 0 spiro atoms. The van der Waals surface area contributed by atoms with Gasteiger partial charge in [0.2, 0.25) is 0 Å². The number of aromatic carboxylic acids is 1. The Balaban J connectivity index is 2.14. The van der Waals surface area contributed by atoms with Gasteiger partial charge in [-0.3, -0.25) is 5.43 Å². The maximum absolute atomic E-state index is 10.8.